The van der Waals surface area contributed by atoms with E-state index in [0.717, 1.165) is 15.9 Å². The van der Waals surface area contributed by atoms with Crippen LogP contribution in [-0.4, -0.2) is 18.1 Å². The molecule has 2 rings (SSSR count). The highest BCUT2D eigenvalue weighted by Gasteiger charge is 1.95. The molecule has 0 radical (unpaired) electrons. The monoisotopic (exact) mass is 237 g/mol. The Balaban J connectivity index is 0.000000221. The first kappa shape index (κ1) is 12.5. The molecule has 2 aromatic rings. The Bertz CT molecular complexity index is 454. The SMILES string of the molecule is CCOC=O.Clc1ccnc2ccccc12. The number of rotatable bonds is 2. The minimum atomic E-state index is 0.431. The van der Waals surface area contributed by atoms with Crippen LogP contribution in [0.2, 0.25) is 5.02 Å². The molecule has 0 aliphatic carbocycles. The van der Waals surface area contributed by atoms with Gasteiger partial charge >= 0.3 is 0 Å². The van der Waals surface area contributed by atoms with Gasteiger partial charge in [-0.25, -0.2) is 0 Å². The fourth-order valence-electron chi connectivity index (χ4n) is 1.13. The quantitative estimate of drug-likeness (QED) is 0.754. The lowest BCUT2D eigenvalue weighted by atomic mass is 10.2. The van der Waals surface area contributed by atoms with Crippen LogP contribution in [0.3, 0.4) is 0 Å². The summed E-state index contributed by atoms with van der Waals surface area (Å²) in [5, 5.41) is 1.77. The molecule has 0 bridgehead atoms. The summed E-state index contributed by atoms with van der Waals surface area (Å²) in [5.41, 5.74) is 0.944. The standard InChI is InChI=1S/C9H6ClN.C3H6O2/c10-8-5-6-11-9-4-2-1-3-7(8)9;1-2-5-3-4/h1-6H;3H,2H2,1H3. The van der Waals surface area contributed by atoms with Crippen molar-refractivity contribution in [2.24, 2.45) is 0 Å². The molecule has 84 valence electrons. The number of hydrogen-bond donors (Lipinski definition) is 0. The first-order chi connectivity index (χ1) is 7.79. The van der Waals surface area contributed by atoms with E-state index in [2.05, 4.69) is 9.72 Å². The lowest BCUT2D eigenvalue weighted by molar-refractivity contribution is -0.128. The Kier molecular flexibility index (Phi) is 5.29. The van der Waals surface area contributed by atoms with Gasteiger partial charge in [-0.05, 0) is 19.1 Å². The average Bonchev–Trinajstić information content (AvgIpc) is 2.32. The third kappa shape index (κ3) is 3.51. The second-order valence-electron chi connectivity index (χ2n) is 2.86. The number of halogens is 1. The van der Waals surface area contributed by atoms with Gasteiger partial charge in [0.05, 0.1) is 17.1 Å². The summed E-state index contributed by atoms with van der Waals surface area (Å²) in [5.74, 6) is 0. The number of fused-ring (bicyclic) bond motifs is 1. The fraction of sp³-hybridized carbons (Fsp3) is 0.167. The Hall–Kier alpha value is -1.61. The molecule has 1 aromatic heterocycles. The molecule has 0 aliphatic heterocycles. The molecular weight excluding hydrogens is 226 g/mol. The highest BCUT2D eigenvalue weighted by Crippen LogP contribution is 2.19. The van der Waals surface area contributed by atoms with Crippen molar-refractivity contribution in [3.63, 3.8) is 0 Å². The van der Waals surface area contributed by atoms with Crippen LogP contribution in [0.1, 0.15) is 6.92 Å². The predicted octanol–water partition coefficient (Wildman–Crippen LogP) is 3.07. The summed E-state index contributed by atoms with van der Waals surface area (Å²) in [7, 11) is 0. The lowest BCUT2D eigenvalue weighted by Gasteiger charge is -1.96. The van der Waals surface area contributed by atoms with Gasteiger partial charge in [-0.3, -0.25) is 9.78 Å². The van der Waals surface area contributed by atoms with Crippen molar-refractivity contribution >= 4 is 29.0 Å². The number of ether oxygens (including phenoxy) is 1. The molecule has 16 heavy (non-hydrogen) atoms. The van der Waals surface area contributed by atoms with Crippen molar-refractivity contribution in [1.82, 2.24) is 4.98 Å². The molecule has 1 heterocycles. The van der Waals surface area contributed by atoms with E-state index in [4.69, 9.17) is 11.6 Å². The third-order valence-corrected chi connectivity index (χ3v) is 2.16. The zero-order valence-electron chi connectivity index (χ0n) is 8.89. The van der Waals surface area contributed by atoms with Crippen LogP contribution >= 0.6 is 11.6 Å². The van der Waals surface area contributed by atoms with Crippen molar-refractivity contribution < 1.29 is 9.53 Å². The highest BCUT2D eigenvalue weighted by atomic mass is 35.5. The van der Waals surface area contributed by atoms with Gasteiger partial charge in [0.1, 0.15) is 0 Å². The van der Waals surface area contributed by atoms with Crippen LogP contribution in [0.5, 0.6) is 0 Å². The number of aromatic nitrogens is 1. The normalized spacial score (nSPS) is 9.12. The van der Waals surface area contributed by atoms with Gasteiger partial charge in [0.2, 0.25) is 0 Å². The molecule has 3 nitrogen and oxygen atoms in total. The Morgan fingerprint density at radius 1 is 1.38 bits per heavy atom. The molecule has 0 amide bonds. The number of carbonyl (C=O) groups is 1. The minimum absolute atomic E-state index is 0.431. The molecule has 0 atom stereocenters. The van der Waals surface area contributed by atoms with Gasteiger partial charge in [0.15, 0.2) is 0 Å². The number of pyridine rings is 1. The van der Waals surface area contributed by atoms with E-state index in [-0.39, 0.29) is 0 Å². The maximum Gasteiger partial charge on any atom is 0.293 e. The number of carbonyl (C=O) groups excluding carboxylic acids is 1. The third-order valence-electron chi connectivity index (χ3n) is 1.83. The summed E-state index contributed by atoms with van der Waals surface area (Å²) in [4.78, 5) is 13.3. The molecule has 0 saturated heterocycles. The van der Waals surface area contributed by atoms with Gasteiger partial charge < -0.3 is 4.74 Å². The van der Waals surface area contributed by atoms with E-state index >= 15 is 0 Å². The molecule has 0 spiro atoms. The molecule has 0 fully saturated rings. The molecule has 0 N–H and O–H groups in total. The lowest BCUT2D eigenvalue weighted by Crippen LogP contribution is -1.80. The highest BCUT2D eigenvalue weighted by molar-refractivity contribution is 6.35. The maximum atomic E-state index is 9.18. The van der Waals surface area contributed by atoms with E-state index in [1.165, 1.54) is 0 Å². The number of nitrogens with zero attached hydrogens (tertiary/aromatic N) is 1. The first-order valence-corrected chi connectivity index (χ1v) is 5.22. The Labute approximate surface area is 99.0 Å². The van der Waals surface area contributed by atoms with Crippen LogP contribution in [0.4, 0.5) is 0 Å². The molecule has 0 unspecified atom stereocenters. The van der Waals surface area contributed by atoms with E-state index in [1.54, 1.807) is 19.2 Å². The minimum Gasteiger partial charge on any atom is -0.468 e. The van der Waals surface area contributed by atoms with Gasteiger partial charge in [-0.15, -0.1) is 0 Å². The fourth-order valence-corrected chi connectivity index (χ4v) is 1.35. The van der Waals surface area contributed by atoms with Crippen LogP contribution in [0.25, 0.3) is 10.9 Å². The summed E-state index contributed by atoms with van der Waals surface area (Å²) in [6, 6.07) is 9.61. The zero-order chi connectivity index (χ0) is 11.8. The zero-order valence-corrected chi connectivity index (χ0v) is 9.65. The van der Waals surface area contributed by atoms with Crippen molar-refractivity contribution in [2.75, 3.05) is 6.61 Å². The second-order valence-corrected chi connectivity index (χ2v) is 3.27. The van der Waals surface area contributed by atoms with Gasteiger partial charge in [0.25, 0.3) is 6.47 Å². The number of para-hydroxylation sites is 1. The maximum absolute atomic E-state index is 9.18. The Morgan fingerprint density at radius 2 is 2.12 bits per heavy atom. The summed E-state index contributed by atoms with van der Waals surface area (Å²) < 4.78 is 4.15. The van der Waals surface area contributed by atoms with E-state index < -0.39 is 0 Å². The topological polar surface area (TPSA) is 39.2 Å². The van der Waals surface area contributed by atoms with Crippen LogP contribution < -0.4 is 0 Å². The van der Waals surface area contributed by atoms with E-state index in [1.807, 2.05) is 24.3 Å². The average molecular weight is 238 g/mol. The summed E-state index contributed by atoms with van der Waals surface area (Å²) in [6.07, 6.45) is 1.71. The molecule has 1 aromatic carbocycles. The molecule has 4 heteroatoms. The van der Waals surface area contributed by atoms with Crippen molar-refractivity contribution in [3.05, 3.63) is 41.6 Å². The largest absolute Gasteiger partial charge is 0.468 e. The van der Waals surface area contributed by atoms with Gasteiger partial charge in [-0.1, -0.05) is 29.8 Å². The van der Waals surface area contributed by atoms with Crippen LogP contribution in [0, 0.1) is 0 Å². The molecule has 0 saturated carbocycles. The van der Waals surface area contributed by atoms with Crippen LogP contribution in [0.15, 0.2) is 36.5 Å². The smallest absolute Gasteiger partial charge is 0.293 e. The second kappa shape index (κ2) is 6.80. The first-order valence-electron chi connectivity index (χ1n) is 4.84. The number of benzene rings is 1. The van der Waals surface area contributed by atoms with Crippen molar-refractivity contribution in [3.8, 4) is 0 Å². The molecule has 0 aliphatic rings. The predicted molar refractivity (Wildman–Crippen MR) is 64.4 cm³/mol. The number of hydrogen-bond acceptors (Lipinski definition) is 3. The van der Waals surface area contributed by atoms with E-state index in [0.29, 0.717) is 13.1 Å². The van der Waals surface area contributed by atoms with Crippen LogP contribution in [-0.2, 0) is 9.53 Å². The summed E-state index contributed by atoms with van der Waals surface area (Å²) in [6.45, 7) is 2.66. The van der Waals surface area contributed by atoms with Gasteiger partial charge in [0, 0.05) is 11.6 Å². The molecular formula is C12H12ClNO2. The summed E-state index contributed by atoms with van der Waals surface area (Å²) >= 11 is 5.92. The van der Waals surface area contributed by atoms with Crippen molar-refractivity contribution in [2.45, 2.75) is 6.92 Å². The van der Waals surface area contributed by atoms with Crippen molar-refractivity contribution in [1.29, 1.82) is 0 Å². The Morgan fingerprint density at radius 3 is 2.69 bits per heavy atom. The van der Waals surface area contributed by atoms with Gasteiger partial charge in [-0.2, -0.15) is 0 Å². The van der Waals surface area contributed by atoms with E-state index in [9.17, 15) is 4.79 Å².